The molecule has 28 heavy (non-hydrogen) atoms. The Morgan fingerprint density at radius 1 is 0.643 bits per heavy atom. The number of rotatable bonds is 2. The van der Waals surface area contributed by atoms with Crippen LogP contribution >= 0.6 is 0 Å². The lowest BCUT2D eigenvalue weighted by Gasteiger charge is -2.16. The molecule has 1 aliphatic heterocycles. The van der Waals surface area contributed by atoms with Crippen LogP contribution in [0.25, 0.3) is 28.1 Å². The minimum absolute atomic E-state index is 0.0460. The number of nitrogens with zero attached hydrogens (tertiary/aromatic N) is 1. The molecule has 0 aliphatic carbocycles. The van der Waals surface area contributed by atoms with E-state index in [1.807, 2.05) is 0 Å². The van der Waals surface area contributed by atoms with E-state index in [9.17, 15) is 0 Å². The van der Waals surface area contributed by atoms with E-state index in [0.717, 1.165) is 0 Å². The molecule has 0 fully saturated rings. The number of pyridine rings is 1. The predicted octanol–water partition coefficient (Wildman–Crippen LogP) is 6.25. The number of aryl methyl sites for hydroxylation is 1. The highest BCUT2D eigenvalue weighted by atomic mass is 15.0. The van der Waals surface area contributed by atoms with Crippen LogP contribution in [0.4, 0.5) is 0 Å². The van der Waals surface area contributed by atoms with Gasteiger partial charge in [0, 0.05) is 29.3 Å². The maximum Gasteiger partial charge on any atom is 0.219 e. The van der Waals surface area contributed by atoms with Crippen LogP contribution in [0.5, 0.6) is 0 Å². The van der Waals surface area contributed by atoms with Crippen LogP contribution in [0.2, 0.25) is 0 Å². The van der Waals surface area contributed by atoms with Crippen LogP contribution in [0.3, 0.4) is 0 Å². The van der Waals surface area contributed by atoms with E-state index >= 15 is 0 Å². The Kier molecular flexibility index (Phi) is 3.73. The molecule has 0 spiro atoms. The molecule has 0 radical (unpaired) electrons. The summed E-state index contributed by atoms with van der Waals surface area (Å²) in [5, 5.41) is 0. The Morgan fingerprint density at radius 2 is 1.29 bits per heavy atom. The molecule has 0 atom stereocenters. The van der Waals surface area contributed by atoms with Gasteiger partial charge >= 0.3 is 0 Å². The molecule has 4 aromatic rings. The fourth-order valence-corrected chi connectivity index (χ4v) is 4.42. The highest BCUT2D eigenvalue weighted by molar-refractivity contribution is 5.71. The first-order valence-corrected chi connectivity index (χ1v) is 9.88. The van der Waals surface area contributed by atoms with Crippen molar-refractivity contribution in [1.29, 1.82) is 0 Å². The first-order valence-electron chi connectivity index (χ1n) is 9.88. The van der Waals surface area contributed by atoms with Crippen molar-refractivity contribution in [2.45, 2.75) is 26.2 Å². The zero-order valence-corrected chi connectivity index (χ0v) is 16.6. The van der Waals surface area contributed by atoms with E-state index in [1.54, 1.807) is 0 Å². The molecule has 1 aliphatic rings. The second-order valence-corrected chi connectivity index (χ2v) is 8.23. The summed E-state index contributed by atoms with van der Waals surface area (Å²) in [5.41, 5.74) is 10.3. The summed E-state index contributed by atoms with van der Waals surface area (Å²) < 4.78 is 2.45. The van der Waals surface area contributed by atoms with Gasteiger partial charge < -0.3 is 0 Å². The van der Waals surface area contributed by atoms with E-state index in [2.05, 4.69) is 116 Å². The van der Waals surface area contributed by atoms with Crippen molar-refractivity contribution in [2.75, 3.05) is 0 Å². The summed E-state index contributed by atoms with van der Waals surface area (Å²) in [4.78, 5) is 0. The lowest BCUT2D eigenvalue weighted by atomic mass is 9.82. The van der Waals surface area contributed by atoms with Gasteiger partial charge in [0.25, 0.3) is 0 Å². The third kappa shape index (κ3) is 2.51. The SMILES string of the molecule is Cc1ccc2c(c1)C(C)(C)c1cc(-c3ccccc3)cc(-c3ccccc3)[n+]1-2. The zero-order chi connectivity index (χ0) is 19.3. The Labute approximate surface area is 166 Å². The third-order valence-electron chi connectivity index (χ3n) is 5.95. The molecule has 0 N–H and O–H groups in total. The molecule has 0 unspecified atom stereocenters. The van der Waals surface area contributed by atoms with Gasteiger partial charge in [-0.3, -0.25) is 0 Å². The Morgan fingerprint density at radius 3 is 1.96 bits per heavy atom. The number of hydrogen-bond acceptors (Lipinski definition) is 0. The van der Waals surface area contributed by atoms with Crippen LogP contribution in [0, 0.1) is 6.92 Å². The fraction of sp³-hybridized carbons (Fsp3) is 0.148. The first-order chi connectivity index (χ1) is 13.6. The summed E-state index contributed by atoms with van der Waals surface area (Å²) >= 11 is 0. The minimum Gasteiger partial charge on any atom is -0.156 e. The summed E-state index contributed by atoms with van der Waals surface area (Å²) in [5.74, 6) is 0. The van der Waals surface area contributed by atoms with E-state index in [-0.39, 0.29) is 5.41 Å². The van der Waals surface area contributed by atoms with Gasteiger partial charge in [0.2, 0.25) is 11.4 Å². The van der Waals surface area contributed by atoms with Crippen molar-refractivity contribution in [1.82, 2.24) is 0 Å². The molecular weight excluding hydrogens is 338 g/mol. The first kappa shape index (κ1) is 16.9. The molecule has 1 heteroatoms. The molecule has 0 bridgehead atoms. The maximum absolute atomic E-state index is 2.45. The normalized spacial score (nSPS) is 13.8. The largest absolute Gasteiger partial charge is 0.219 e. The van der Waals surface area contributed by atoms with Gasteiger partial charge in [0.05, 0.1) is 5.41 Å². The zero-order valence-electron chi connectivity index (χ0n) is 16.6. The van der Waals surface area contributed by atoms with E-state index in [0.29, 0.717) is 0 Å². The van der Waals surface area contributed by atoms with Crippen molar-refractivity contribution in [2.24, 2.45) is 0 Å². The molecule has 0 saturated carbocycles. The van der Waals surface area contributed by atoms with Crippen molar-refractivity contribution >= 4 is 0 Å². The molecule has 2 heterocycles. The average Bonchev–Trinajstić information content (AvgIpc) is 2.95. The van der Waals surface area contributed by atoms with Crippen LogP contribution < -0.4 is 4.57 Å². The van der Waals surface area contributed by atoms with Crippen LogP contribution in [0.15, 0.2) is 91.0 Å². The average molecular weight is 362 g/mol. The smallest absolute Gasteiger partial charge is 0.156 e. The van der Waals surface area contributed by atoms with Gasteiger partial charge in [0.1, 0.15) is 0 Å². The molecule has 1 nitrogen and oxygen atoms in total. The summed E-state index contributed by atoms with van der Waals surface area (Å²) in [6.07, 6.45) is 0. The van der Waals surface area contributed by atoms with Crippen molar-refractivity contribution in [3.05, 3.63) is 108 Å². The van der Waals surface area contributed by atoms with Crippen LogP contribution in [-0.4, -0.2) is 0 Å². The van der Waals surface area contributed by atoms with Crippen LogP contribution in [0.1, 0.15) is 30.7 Å². The Balaban J connectivity index is 1.87. The van der Waals surface area contributed by atoms with Gasteiger partial charge in [-0.15, -0.1) is 0 Å². The van der Waals surface area contributed by atoms with E-state index in [4.69, 9.17) is 0 Å². The highest BCUT2D eigenvalue weighted by Crippen LogP contribution is 2.41. The summed E-state index contributed by atoms with van der Waals surface area (Å²) in [6, 6.07) is 33.0. The van der Waals surface area contributed by atoms with Gasteiger partial charge in [0.15, 0.2) is 5.69 Å². The van der Waals surface area contributed by atoms with Crippen molar-refractivity contribution < 1.29 is 4.57 Å². The second kappa shape index (κ2) is 6.17. The molecule has 1 aromatic heterocycles. The van der Waals surface area contributed by atoms with Gasteiger partial charge in [-0.25, -0.2) is 0 Å². The lowest BCUT2D eigenvalue weighted by molar-refractivity contribution is -0.588. The fourth-order valence-electron chi connectivity index (χ4n) is 4.42. The maximum atomic E-state index is 2.45. The lowest BCUT2D eigenvalue weighted by Crippen LogP contribution is -2.37. The number of hydrogen-bond donors (Lipinski definition) is 0. The number of fused-ring (bicyclic) bond motifs is 3. The Bertz CT molecular complexity index is 1170. The van der Waals surface area contributed by atoms with E-state index in [1.165, 1.54) is 44.9 Å². The topological polar surface area (TPSA) is 3.88 Å². The van der Waals surface area contributed by atoms with Crippen molar-refractivity contribution in [3.63, 3.8) is 0 Å². The quantitative estimate of drug-likeness (QED) is 0.371. The summed E-state index contributed by atoms with van der Waals surface area (Å²) in [6.45, 7) is 6.86. The molecule has 3 aromatic carbocycles. The molecule has 0 amide bonds. The second-order valence-electron chi connectivity index (χ2n) is 8.23. The molecule has 5 rings (SSSR count). The molecule has 136 valence electrons. The minimum atomic E-state index is -0.0460. The van der Waals surface area contributed by atoms with Gasteiger partial charge in [-0.1, -0.05) is 60.2 Å². The molecular formula is C27H24N+. The predicted molar refractivity (Wildman–Crippen MR) is 116 cm³/mol. The van der Waals surface area contributed by atoms with Crippen LogP contribution in [-0.2, 0) is 5.41 Å². The van der Waals surface area contributed by atoms with Gasteiger partial charge in [-0.05, 0) is 50.1 Å². The third-order valence-corrected chi connectivity index (χ3v) is 5.95. The van der Waals surface area contributed by atoms with Gasteiger partial charge in [-0.2, -0.15) is 4.57 Å². The monoisotopic (exact) mass is 362 g/mol. The standard InChI is InChI=1S/C27H24N/c1-19-14-15-24-23(16-19)27(2,3)26-18-22(20-10-6-4-7-11-20)17-25(28(24)26)21-12-8-5-9-13-21/h4-18H,1-3H3/q+1. The summed E-state index contributed by atoms with van der Waals surface area (Å²) in [7, 11) is 0. The molecule has 0 saturated heterocycles. The Hall–Kier alpha value is -3.19. The number of aromatic nitrogens is 1. The number of benzene rings is 3. The van der Waals surface area contributed by atoms with E-state index < -0.39 is 0 Å². The highest BCUT2D eigenvalue weighted by Gasteiger charge is 2.45. The van der Waals surface area contributed by atoms with Crippen molar-refractivity contribution in [3.8, 4) is 28.1 Å².